The first kappa shape index (κ1) is 14.7. The summed E-state index contributed by atoms with van der Waals surface area (Å²) in [6, 6.07) is 3.34. The minimum absolute atomic E-state index is 0.133. The Kier molecular flexibility index (Phi) is 3.92. The molecule has 2 atom stereocenters. The summed E-state index contributed by atoms with van der Waals surface area (Å²) in [4.78, 5) is 9.93. The molecule has 0 amide bonds. The van der Waals surface area contributed by atoms with Crippen LogP contribution in [0, 0.1) is 11.7 Å². The Balaban J connectivity index is 2.23. The van der Waals surface area contributed by atoms with E-state index in [0.717, 1.165) is 24.6 Å². The number of halogens is 1. The Morgan fingerprint density at radius 2 is 2.15 bits per heavy atom. The zero-order valence-corrected chi connectivity index (χ0v) is 11.5. The lowest BCUT2D eigenvalue weighted by Gasteiger charge is -2.07. The highest BCUT2D eigenvalue weighted by atomic mass is 32.2. The number of hydrogen-bond donors (Lipinski definition) is 2. The van der Waals surface area contributed by atoms with E-state index in [1.807, 2.05) is 6.92 Å². The molecule has 0 radical (unpaired) electrons. The molecule has 0 heterocycles. The summed E-state index contributed by atoms with van der Waals surface area (Å²) >= 11 is 0. The van der Waals surface area contributed by atoms with Crippen LogP contribution in [0.4, 0.5) is 4.39 Å². The summed E-state index contributed by atoms with van der Waals surface area (Å²) in [6.07, 6.45) is 2.80. The highest BCUT2D eigenvalue weighted by Crippen LogP contribution is 2.31. The van der Waals surface area contributed by atoms with Crippen LogP contribution in [0.1, 0.15) is 18.9 Å². The quantitative estimate of drug-likeness (QED) is 0.809. The number of hydrogen-bond acceptors (Lipinski definition) is 3. The van der Waals surface area contributed by atoms with Gasteiger partial charge in [-0.1, -0.05) is 13.0 Å². The van der Waals surface area contributed by atoms with Crippen molar-refractivity contribution in [3.05, 3.63) is 35.7 Å². The molecule has 5 nitrogen and oxygen atoms in total. The second-order valence-electron chi connectivity index (χ2n) is 4.80. The van der Waals surface area contributed by atoms with Crippen LogP contribution >= 0.6 is 0 Å². The number of carboxylic acid groups (broad SMARTS) is 1. The largest absolute Gasteiger partial charge is 0.478 e. The van der Waals surface area contributed by atoms with Gasteiger partial charge in [0.05, 0.1) is 0 Å². The molecule has 0 saturated heterocycles. The molecule has 1 aromatic carbocycles. The maximum atomic E-state index is 13.8. The molecule has 20 heavy (non-hydrogen) atoms. The van der Waals surface area contributed by atoms with E-state index in [9.17, 15) is 17.6 Å². The zero-order valence-electron chi connectivity index (χ0n) is 10.7. The fourth-order valence-corrected chi connectivity index (χ4v) is 3.17. The summed E-state index contributed by atoms with van der Waals surface area (Å²) in [6.45, 7) is 1.91. The van der Waals surface area contributed by atoms with Gasteiger partial charge in [-0.05, 0) is 36.1 Å². The van der Waals surface area contributed by atoms with Crippen LogP contribution in [0.2, 0.25) is 0 Å². The molecule has 1 aromatic rings. The van der Waals surface area contributed by atoms with Crippen LogP contribution in [0.5, 0.6) is 0 Å². The zero-order chi connectivity index (χ0) is 14.9. The predicted octanol–water partition coefficient (Wildman–Crippen LogP) is 1.61. The molecule has 2 rings (SSSR count). The maximum Gasteiger partial charge on any atom is 0.328 e. The Bertz CT molecular complexity index is 669. The van der Waals surface area contributed by atoms with Crippen molar-refractivity contribution in [1.82, 2.24) is 4.72 Å². The van der Waals surface area contributed by atoms with Crippen molar-refractivity contribution in [3.8, 4) is 0 Å². The molecular formula is C13H14FNO4S. The third-order valence-electron chi connectivity index (χ3n) is 3.08. The van der Waals surface area contributed by atoms with E-state index < -0.39 is 26.7 Å². The van der Waals surface area contributed by atoms with Gasteiger partial charge in [0.2, 0.25) is 10.0 Å². The van der Waals surface area contributed by atoms with Crippen molar-refractivity contribution in [2.45, 2.75) is 24.3 Å². The SMILES string of the molecule is CC1CC1NS(=O)(=O)c1ccc(/C=C/C(=O)O)cc1F. The highest BCUT2D eigenvalue weighted by molar-refractivity contribution is 7.89. The van der Waals surface area contributed by atoms with Crippen LogP contribution < -0.4 is 4.72 Å². The molecule has 1 aliphatic carbocycles. The van der Waals surface area contributed by atoms with Crippen molar-refractivity contribution >= 4 is 22.1 Å². The minimum atomic E-state index is -3.87. The summed E-state index contributed by atoms with van der Waals surface area (Å²) < 4.78 is 40.2. The van der Waals surface area contributed by atoms with Crippen LogP contribution in [-0.4, -0.2) is 25.5 Å². The third-order valence-corrected chi connectivity index (χ3v) is 4.60. The van der Waals surface area contributed by atoms with Crippen LogP contribution in [-0.2, 0) is 14.8 Å². The average molecular weight is 299 g/mol. The van der Waals surface area contributed by atoms with Crippen LogP contribution in [0.25, 0.3) is 6.08 Å². The smallest absolute Gasteiger partial charge is 0.328 e. The fourth-order valence-electron chi connectivity index (χ4n) is 1.76. The lowest BCUT2D eigenvalue weighted by Crippen LogP contribution is -2.27. The molecule has 0 aromatic heterocycles. The van der Waals surface area contributed by atoms with Crippen molar-refractivity contribution in [2.75, 3.05) is 0 Å². The highest BCUT2D eigenvalue weighted by Gasteiger charge is 2.37. The maximum absolute atomic E-state index is 13.8. The van der Waals surface area contributed by atoms with Gasteiger partial charge in [-0.15, -0.1) is 0 Å². The van der Waals surface area contributed by atoms with E-state index >= 15 is 0 Å². The lowest BCUT2D eigenvalue weighted by atomic mass is 10.2. The summed E-state index contributed by atoms with van der Waals surface area (Å²) in [5.74, 6) is -1.80. The van der Waals surface area contributed by atoms with Crippen LogP contribution in [0.3, 0.4) is 0 Å². The molecule has 2 N–H and O–H groups in total. The Morgan fingerprint density at radius 1 is 1.50 bits per heavy atom. The number of rotatable bonds is 5. The predicted molar refractivity (Wildman–Crippen MR) is 71.0 cm³/mol. The van der Waals surface area contributed by atoms with Gasteiger partial charge in [0.25, 0.3) is 0 Å². The second kappa shape index (κ2) is 5.34. The Labute approximate surface area is 116 Å². The Hall–Kier alpha value is -1.73. The van der Waals surface area contributed by atoms with Crippen molar-refractivity contribution in [2.24, 2.45) is 5.92 Å². The van der Waals surface area contributed by atoms with Gasteiger partial charge in [-0.3, -0.25) is 0 Å². The van der Waals surface area contributed by atoms with E-state index in [2.05, 4.69) is 4.72 Å². The van der Waals surface area contributed by atoms with E-state index in [0.29, 0.717) is 0 Å². The van der Waals surface area contributed by atoms with Crippen molar-refractivity contribution < 1.29 is 22.7 Å². The molecule has 2 unspecified atom stereocenters. The normalized spacial score (nSPS) is 22.1. The first-order valence-corrected chi connectivity index (χ1v) is 7.51. The molecule has 1 saturated carbocycles. The van der Waals surface area contributed by atoms with Gasteiger partial charge >= 0.3 is 5.97 Å². The van der Waals surface area contributed by atoms with Gasteiger partial charge in [0.1, 0.15) is 10.7 Å². The average Bonchev–Trinajstić information content (AvgIpc) is 3.00. The number of carbonyl (C=O) groups is 1. The lowest BCUT2D eigenvalue weighted by molar-refractivity contribution is -0.131. The number of aliphatic carboxylic acids is 1. The topological polar surface area (TPSA) is 83.5 Å². The van der Waals surface area contributed by atoms with E-state index in [-0.39, 0.29) is 17.5 Å². The van der Waals surface area contributed by atoms with E-state index in [1.54, 1.807) is 0 Å². The summed E-state index contributed by atoms with van der Waals surface area (Å²) in [7, 11) is -3.87. The molecule has 1 fully saturated rings. The van der Waals surface area contributed by atoms with Crippen LogP contribution in [0.15, 0.2) is 29.2 Å². The molecule has 108 valence electrons. The van der Waals surface area contributed by atoms with Gasteiger partial charge in [-0.2, -0.15) is 0 Å². The number of sulfonamides is 1. The van der Waals surface area contributed by atoms with E-state index in [4.69, 9.17) is 5.11 Å². The standard InChI is InChI=1S/C13H14FNO4S/c1-8-6-11(8)15-20(18,19)12-4-2-9(7-10(12)14)3-5-13(16)17/h2-5,7-8,11,15H,6H2,1H3,(H,16,17)/b5-3+. The summed E-state index contributed by atoms with van der Waals surface area (Å²) in [5, 5.41) is 8.47. The van der Waals surface area contributed by atoms with Crippen molar-refractivity contribution in [1.29, 1.82) is 0 Å². The van der Waals surface area contributed by atoms with Gasteiger partial charge in [-0.25, -0.2) is 22.3 Å². The molecule has 0 spiro atoms. The van der Waals surface area contributed by atoms with Gasteiger partial charge < -0.3 is 5.11 Å². The molecular weight excluding hydrogens is 285 g/mol. The van der Waals surface area contributed by atoms with Gasteiger partial charge in [0, 0.05) is 12.1 Å². The minimum Gasteiger partial charge on any atom is -0.478 e. The molecule has 0 aliphatic heterocycles. The molecule has 1 aliphatic rings. The molecule has 7 heteroatoms. The first-order valence-electron chi connectivity index (χ1n) is 6.02. The second-order valence-corrected chi connectivity index (χ2v) is 6.48. The van der Waals surface area contributed by atoms with Gasteiger partial charge in [0.15, 0.2) is 0 Å². The van der Waals surface area contributed by atoms with E-state index in [1.165, 1.54) is 12.1 Å². The number of carboxylic acids is 1. The first-order chi connectivity index (χ1) is 9.29. The summed E-state index contributed by atoms with van der Waals surface area (Å²) in [5.41, 5.74) is 0.281. The number of benzene rings is 1. The fraction of sp³-hybridized carbons (Fsp3) is 0.308. The third kappa shape index (κ3) is 3.43. The Morgan fingerprint density at radius 3 is 2.65 bits per heavy atom. The van der Waals surface area contributed by atoms with Crippen molar-refractivity contribution in [3.63, 3.8) is 0 Å². The number of nitrogens with one attached hydrogen (secondary N) is 1. The monoisotopic (exact) mass is 299 g/mol. The molecule has 0 bridgehead atoms.